The average molecular weight is 439 g/mol. The summed E-state index contributed by atoms with van der Waals surface area (Å²) in [4.78, 5) is 15.9. The van der Waals surface area contributed by atoms with Gasteiger partial charge < -0.3 is 16.4 Å². The highest BCUT2D eigenvalue weighted by atomic mass is 127. The molecule has 0 radical (unpaired) electrons. The summed E-state index contributed by atoms with van der Waals surface area (Å²) in [5.74, 6) is 0.357. The number of anilines is 1. The molecule has 1 rings (SSSR count). The fraction of sp³-hybridized carbons (Fsp3) is 0.467. The number of hydrogen-bond acceptors (Lipinski definition) is 2. The first kappa shape index (κ1) is 21.0. The number of rotatable bonds is 5. The molecule has 1 aromatic carbocycles. The van der Waals surface area contributed by atoms with Gasteiger partial charge in [-0.1, -0.05) is 11.6 Å². The van der Waals surface area contributed by atoms with E-state index in [0.717, 1.165) is 5.69 Å². The molecule has 7 heteroatoms. The number of hydrogen-bond donors (Lipinski definition) is 3. The van der Waals surface area contributed by atoms with Crippen molar-refractivity contribution >= 4 is 53.1 Å². The number of carbonyl (C=O) groups is 1. The van der Waals surface area contributed by atoms with Crippen LogP contribution in [0, 0.1) is 0 Å². The Morgan fingerprint density at radius 2 is 1.86 bits per heavy atom. The van der Waals surface area contributed by atoms with Gasteiger partial charge in [-0.2, -0.15) is 0 Å². The molecule has 0 fully saturated rings. The second-order valence-electron chi connectivity index (χ2n) is 5.80. The van der Waals surface area contributed by atoms with Crippen molar-refractivity contribution in [2.75, 3.05) is 11.9 Å². The molecule has 0 aromatic heterocycles. The van der Waals surface area contributed by atoms with Gasteiger partial charge in [-0.3, -0.25) is 9.79 Å². The van der Waals surface area contributed by atoms with Gasteiger partial charge in [-0.25, -0.2) is 0 Å². The summed E-state index contributed by atoms with van der Waals surface area (Å²) in [5.41, 5.74) is 6.37. The molecule has 1 aromatic rings. The molecule has 22 heavy (non-hydrogen) atoms. The highest BCUT2D eigenvalue weighted by molar-refractivity contribution is 14.0. The van der Waals surface area contributed by atoms with E-state index in [4.69, 9.17) is 17.3 Å². The van der Waals surface area contributed by atoms with E-state index in [-0.39, 0.29) is 35.4 Å². The highest BCUT2D eigenvalue weighted by Crippen LogP contribution is 2.13. The van der Waals surface area contributed by atoms with E-state index in [1.165, 1.54) is 0 Å². The lowest BCUT2D eigenvalue weighted by Gasteiger charge is -2.20. The van der Waals surface area contributed by atoms with Crippen molar-refractivity contribution in [3.63, 3.8) is 0 Å². The first-order valence-corrected chi connectivity index (χ1v) is 7.27. The van der Waals surface area contributed by atoms with Crippen LogP contribution in [0.5, 0.6) is 0 Å². The van der Waals surface area contributed by atoms with Crippen LogP contribution < -0.4 is 16.4 Å². The molecule has 0 saturated heterocycles. The zero-order chi connectivity index (χ0) is 15.9. The number of carbonyl (C=O) groups excluding carboxylic acids is 1. The van der Waals surface area contributed by atoms with Crippen molar-refractivity contribution in [1.29, 1.82) is 0 Å². The van der Waals surface area contributed by atoms with E-state index in [1.807, 2.05) is 20.8 Å². The quantitative estimate of drug-likeness (QED) is 0.285. The van der Waals surface area contributed by atoms with Gasteiger partial charge in [-0.05, 0) is 51.5 Å². The molecular weight excluding hydrogens is 415 g/mol. The van der Waals surface area contributed by atoms with Crippen molar-refractivity contribution in [2.45, 2.75) is 39.2 Å². The van der Waals surface area contributed by atoms with Gasteiger partial charge in [0.25, 0.3) is 0 Å². The number of aliphatic imine (C=N–C) groups is 1. The maximum absolute atomic E-state index is 11.7. The van der Waals surface area contributed by atoms with Crippen LogP contribution in [0.3, 0.4) is 0 Å². The largest absolute Gasteiger partial charge is 0.370 e. The van der Waals surface area contributed by atoms with Crippen molar-refractivity contribution < 1.29 is 4.79 Å². The summed E-state index contributed by atoms with van der Waals surface area (Å²) in [6.45, 7) is 6.54. The second-order valence-corrected chi connectivity index (χ2v) is 6.24. The van der Waals surface area contributed by atoms with Gasteiger partial charge >= 0.3 is 0 Å². The zero-order valence-electron chi connectivity index (χ0n) is 13.1. The Morgan fingerprint density at radius 3 is 2.41 bits per heavy atom. The minimum absolute atomic E-state index is 0. The van der Waals surface area contributed by atoms with E-state index < -0.39 is 0 Å². The third-order valence-corrected chi connectivity index (χ3v) is 2.73. The van der Waals surface area contributed by atoms with E-state index >= 15 is 0 Å². The topological polar surface area (TPSA) is 79.5 Å². The van der Waals surface area contributed by atoms with Crippen molar-refractivity contribution in [2.24, 2.45) is 10.7 Å². The fourth-order valence-electron chi connectivity index (χ4n) is 1.62. The summed E-state index contributed by atoms with van der Waals surface area (Å²) in [7, 11) is 0. The zero-order valence-corrected chi connectivity index (χ0v) is 16.2. The molecule has 0 spiro atoms. The van der Waals surface area contributed by atoms with Crippen LogP contribution in [0.25, 0.3) is 0 Å². The molecule has 0 aliphatic rings. The SMILES string of the molecule is CC(C)(C)NC(N)=NCCCC(=O)Nc1ccc(Cl)cc1.I. The molecule has 0 saturated carbocycles. The maximum Gasteiger partial charge on any atom is 0.224 e. The van der Waals surface area contributed by atoms with Crippen molar-refractivity contribution in [1.82, 2.24) is 5.32 Å². The molecule has 0 aliphatic carbocycles. The Labute approximate surface area is 154 Å². The molecule has 1 amide bonds. The second kappa shape index (κ2) is 9.89. The molecule has 5 nitrogen and oxygen atoms in total. The van der Waals surface area contributed by atoms with Gasteiger partial charge in [0.2, 0.25) is 5.91 Å². The number of nitrogens with one attached hydrogen (secondary N) is 2. The third-order valence-electron chi connectivity index (χ3n) is 2.48. The minimum Gasteiger partial charge on any atom is -0.370 e. The fourth-order valence-corrected chi connectivity index (χ4v) is 1.75. The minimum atomic E-state index is -0.112. The molecule has 0 heterocycles. The third kappa shape index (κ3) is 9.83. The van der Waals surface area contributed by atoms with Crippen molar-refractivity contribution in [3.05, 3.63) is 29.3 Å². The molecule has 4 N–H and O–H groups in total. The summed E-state index contributed by atoms with van der Waals surface area (Å²) in [6, 6.07) is 7.01. The normalized spacial score (nSPS) is 11.5. The Balaban J connectivity index is 0.00000441. The monoisotopic (exact) mass is 438 g/mol. The maximum atomic E-state index is 11.7. The van der Waals surface area contributed by atoms with E-state index in [2.05, 4.69) is 15.6 Å². The number of amides is 1. The lowest BCUT2D eigenvalue weighted by Crippen LogP contribution is -2.45. The predicted molar refractivity (Wildman–Crippen MR) is 104 cm³/mol. The molecule has 0 bridgehead atoms. The van der Waals surface area contributed by atoms with Crippen LogP contribution >= 0.6 is 35.6 Å². The van der Waals surface area contributed by atoms with Gasteiger partial charge in [0.15, 0.2) is 5.96 Å². The number of benzene rings is 1. The first-order valence-electron chi connectivity index (χ1n) is 6.90. The lowest BCUT2D eigenvalue weighted by atomic mass is 10.1. The smallest absolute Gasteiger partial charge is 0.224 e. The number of nitrogens with two attached hydrogens (primary N) is 1. The molecule has 0 aliphatic heterocycles. The van der Waals surface area contributed by atoms with E-state index in [1.54, 1.807) is 24.3 Å². The van der Waals surface area contributed by atoms with E-state index in [9.17, 15) is 4.79 Å². The van der Waals surface area contributed by atoms with Crippen LogP contribution in [-0.2, 0) is 4.79 Å². The van der Waals surface area contributed by atoms with Gasteiger partial charge in [0, 0.05) is 29.2 Å². The Bertz CT molecular complexity index is 497. The number of halogens is 2. The molecular formula is C15H24ClIN4O. The van der Waals surface area contributed by atoms with Crippen LogP contribution in [0.15, 0.2) is 29.3 Å². The van der Waals surface area contributed by atoms with Gasteiger partial charge in [-0.15, -0.1) is 24.0 Å². The van der Waals surface area contributed by atoms with Gasteiger partial charge in [0.1, 0.15) is 0 Å². The van der Waals surface area contributed by atoms with Crippen LogP contribution in [0.1, 0.15) is 33.6 Å². The molecule has 0 atom stereocenters. The number of guanidine groups is 1. The predicted octanol–water partition coefficient (Wildman–Crippen LogP) is 3.38. The Kier molecular flexibility index (Phi) is 9.43. The van der Waals surface area contributed by atoms with Crippen LogP contribution in [0.2, 0.25) is 5.02 Å². The highest BCUT2D eigenvalue weighted by Gasteiger charge is 2.09. The van der Waals surface area contributed by atoms with Crippen LogP contribution in [0.4, 0.5) is 5.69 Å². The summed E-state index contributed by atoms with van der Waals surface area (Å²) in [6.07, 6.45) is 1.04. The summed E-state index contributed by atoms with van der Waals surface area (Å²) < 4.78 is 0. The van der Waals surface area contributed by atoms with Crippen LogP contribution in [-0.4, -0.2) is 24.0 Å². The van der Waals surface area contributed by atoms with Crippen molar-refractivity contribution in [3.8, 4) is 0 Å². The molecule has 124 valence electrons. The Morgan fingerprint density at radius 1 is 1.27 bits per heavy atom. The summed E-state index contributed by atoms with van der Waals surface area (Å²) in [5, 5.41) is 6.51. The summed E-state index contributed by atoms with van der Waals surface area (Å²) >= 11 is 5.78. The first-order chi connectivity index (χ1) is 9.76. The lowest BCUT2D eigenvalue weighted by molar-refractivity contribution is -0.116. The molecule has 0 unspecified atom stereocenters. The Hall–Kier alpha value is -1.02. The van der Waals surface area contributed by atoms with Gasteiger partial charge in [0.05, 0.1) is 0 Å². The van der Waals surface area contributed by atoms with E-state index in [0.29, 0.717) is 30.4 Å². The average Bonchev–Trinajstić information content (AvgIpc) is 2.35. The number of nitrogens with zero attached hydrogens (tertiary/aromatic N) is 1. The standard InChI is InChI=1S/C15H23ClN4O.HI/c1-15(2,3)20-14(17)18-10-4-5-13(21)19-12-8-6-11(16)7-9-12;/h6-9H,4-5,10H2,1-3H3,(H,19,21)(H3,17,18,20);1H.